The van der Waals surface area contributed by atoms with Crippen molar-refractivity contribution in [2.75, 3.05) is 19.7 Å². The maximum absolute atomic E-state index is 12.2. The monoisotopic (exact) mass is 485 g/mol. The Morgan fingerprint density at radius 3 is 1.97 bits per heavy atom. The summed E-state index contributed by atoms with van der Waals surface area (Å²) < 4.78 is 0. The maximum atomic E-state index is 12.2. The lowest BCUT2D eigenvalue weighted by atomic mass is 9.83. The molecule has 36 heavy (non-hydrogen) atoms. The first kappa shape index (κ1) is 26.2. The summed E-state index contributed by atoms with van der Waals surface area (Å²) in [5.74, 6) is 0.0809. The zero-order valence-electron chi connectivity index (χ0n) is 21.5. The van der Waals surface area contributed by atoms with Crippen molar-refractivity contribution in [3.05, 3.63) is 107 Å². The number of hydrogen-bond acceptors (Lipinski definition) is 4. The molecular formula is C32H39NO3. The van der Waals surface area contributed by atoms with Gasteiger partial charge >= 0.3 is 0 Å². The number of aliphatic hydroxyl groups is 2. The van der Waals surface area contributed by atoms with Gasteiger partial charge in [-0.15, -0.1) is 0 Å². The molecule has 0 aromatic heterocycles. The van der Waals surface area contributed by atoms with Crippen LogP contribution in [0.3, 0.4) is 0 Å². The van der Waals surface area contributed by atoms with Crippen molar-refractivity contribution >= 4 is 5.57 Å². The highest BCUT2D eigenvalue weighted by atomic mass is 16.3. The van der Waals surface area contributed by atoms with Crippen LogP contribution in [-0.4, -0.2) is 39.9 Å². The summed E-state index contributed by atoms with van der Waals surface area (Å²) in [5, 5.41) is 33.1. The van der Waals surface area contributed by atoms with E-state index in [1.807, 2.05) is 62.4 Å². The van der Waals surface area contributed by atoms with Gasteiger partial charge in [-0.05, 0) is 54.0 Å². The fraction of sp³-hybridized carbons (Fsp3) is 0.375. The van der Waals surface area contributed by atoms with E-state index in [0.717, 1.165) is 54.6 Å². The number of nitrogens with zero attached hydrogens (tertiary/aromatic N) is 1. The number of likely N-dealkylation sites (tertiary alicyclic amines) is 1. The molecule has 0 bridgehead atoms. The molecule has 1 aliphatic heterocycles. The molecule has 4 rings (SSSR count). The topological polar surface area (TPSA) is 63.9 Å². The van der Waals surface area contributed by atoms with E-state index in [4.69, 9.17) is 0 Å². The number of phenolic OH excluding ortho intramolecular Hbond substituents is 1. The summed E-state index contributed by atoms with van der Waals surface area (Å²) in [6, 6.07) is 26.2. The van der Waals surface area contributed by atoms with Crippen LogP contribution in [0.4, 0.5) is 0 Å². The van der Waals surface area contributed by atoms with E-state index in [0.29, 0.717) is 18.4 Å². The Kier molecular flexibility index (Phi) is 8.30. The third-order valence-electron chi connectivity index (χ3n) is 7.50. The molecule has 0 radical (unpaired) electrons. The first-order valence-electron chi connectivity index (χ1n) is 13.1. The maximum Gasteiger partial charge on any atom is 0.148 e. The first-order chi connectivity index (χ1) is 17.3. The highest BCUT2D eigenvalue weighted by Gasteiger charge is 2.39. The second-order valence-corrected chi connectivity index (χ2v) is 10.5. The van der Waals surface area contributed by atoms with Gasteiger partial charge in [0.2, 0.25) is 0 Å². The van der Waals surface area contributed by atoms with Crippen LogP contribution >= 0.6 is 0 Å². The average Bonchev–Trinajstić information content (AvgIpc) is 2.92. The van der Waals surface area contributed by atoms with Crippen LogP contribution in [0.1, 0.15) is 68.2 Å². The molecule has 3 N–H and O–H groups in total. The van der Waals surface area contributed by atoms with Crippen LogP contribution in [0.5, 0.6) is 5.75 Å². The molecule has 1 aliphatic rings. The quantitative estimate of drug-likeness (QED) is 0.337. The molecule has 0 aliphatic carbocycles. The smallest absolute Gasteiger partial charge is 0.148 e. The van der Waals surface area contributed by atoms with Gasteiger partial charge in [0, 0.05) is 24.1 Å². The molecule has 190 valence electrons. The van der Waals surface area contributed by atoms with E-state index in [1.54, 1.807) is 6.07 Å². The Morgan fingerprint density at radius 1 is 0.861 bits per heavy atom. The minimum Gasteiger partial charge on any atom is -0.507 e. The highest BCUT2D eigenvalue weighted by molar-refractivity contribution is 5.79. The van der Waals surface area contributed by atoms with Crippen molar-refractivity contribution in [2.24, 2.45) is 0 Å². The van der Waals surface area contributed by atoms with E-state index in [2.05, 4.69) is 35.2 Å². The summed E-state index contributed by atoms with van der Waals surface area (Å²) in [6.45, 7) is 5.46. The van der Waals surface area contributed by atoms with Gasteiger partial charge < -0.3 is 15.3 Å². The van der Waals surface area contributed by atoms with E-state index in [-0.39, 0.29) is 12.4 Å². The SMILES string of the molecule is CC(C)(CO)c1ccc(C(O)(CCC=C(c2ccccc2)c2ccccc2)N2CCCCC2)c(O)c1. The molecule has 0 amide bonds. The third-order valence-corrected chi connectivity index (χ3v) is 7.50. The Hall–Kier alpha value is -2.92. The third kappa shape index (κ3) is 5.73. The molecule has 1 atom stereocenters. The molecule has 4 heteroatoms. The molecule has 4 nitrogen and oxygen atoms in total. The number of hydrogen-bond donors (Lipinski definition) is 3. The first-order valence-corrected chi connectivity index (χ1v) is 13.1. The van der Waals surface area contributed by atoms with Gasteiger partial charge in [0.15, 0.2) is 0 Å². The Balaban J connectivity index is 1.68. The van der Waals surface area contributed by atoms with Gasteiger partial charge in [-0.1, -0.05) is 99.1 Å². The van der Waals surface area contributed by atoms with Gasteiger partial charge in [-0.3, -0.25) is 4.90 Å². The second kappa shape index (κ2) is 11.4. The Labute approximate surface area is 215 Å². The molecule has 1 fully saturated rings. The summed E-state index contributed by atoms with van der Waals surface area (Å²) in [6.07, 6.45) is 6.55. The van der Waals surface area contributed by atoms with Crippen molar-refractivity contribution < 1.29 is 15.3 Å². The Morgan fingerprint density at radius 2 is 1.44 bits per heavy atom. The van der Waals surface area contributed by atoms with Crippen molar-refractivity contribution in [1.29, 1.82) is 0 Å². The summed E-state index contributed by atoms with van der Waals surface area (Å²) in [4.78, 5) is 2.13. The van der Waals surface area contributed by atoms with E-state index < -0.39 is 11.1 Å². The Bertz CT molecular complexity index is 1110. The van der Waals surface area contributed by atoms with E-state index in [9.17, 15) is 15.3 Å². The van der Waals surface area contributed by atoms with Crippen LogP contribution in [0.25, 0.3) is 5.57 Å². The van der Waals surface area contributed by atoms with Crippen LogP contribution in [0, 0.1) is 0 Å². The number of phenols is 1. The molecule has 1 heterocycles. The van der Waals surface area contributed by atoms with Crippen molar-refractivity contribution in [3.8, 4) is 5.75 Å². The number of aliphatic hydroxyl groups excluding tert-OH is 1. The zero-order valence-corrected chi connectivity index (χ0v) is 21.5. The van der Waals surface area contributed by atoms with Gasteiger partial charge in [0.25, 0.3) is 0 Å². The molecule has 0 spiro atoms. The van der Waals surface area contributed by atoms with Crippen LogP contribution in [0.2, 0.25) is 0 Å². The summed E-state index contributed by atoms with van der Waals surface area (Å²) >= 11 is 0. The predicted molar refractivity (Wildman–Crippen MR) is 147 cm³/mol. The average molecular weight is 486 g/mol. The minimum absolute atomic E-state index is 0.0191. The van der Waals surface area contributed by atoms with Crippen molar-refractivity contribution in [1.82, 2.24) is 4.90 Å². The number of rotatable bonds is 9. The van der Waals surface area contributed by atoms with Gasteiger partial charge in [-0.25, -0.2) is 0 Å². The standard InChI is InChI=1S/C32H39NO3/c1-31(2,24-34)27-18-19-29(30(35)23-27)32(36,33-21-10-5-11-22-33)20-12-17-28(25-13-6-3-7-14-25)26-15-8-4-9-16-26/h3-4,6-9,13-19,23,34-36H,5,10-12,20-22,24H2,1-2H3. The summed E-state index contributed by atoms with van der Waals surface area (Å²) in [7, 11) is 0. The zero-order chi connectivity index (χ0) is 25.6. The summed E-state index contributed by atoms with van der Waals surface area (Å²) in [5.41, 5.74) is 3.07. The number of aromatic hydroxyl groups is 1. The number of benzene rings is 3. The van der Waals surface area contributed by atoms with Gasteiger partial charge in [0.1, 0.15) is 11.5 Å². The normalized spacial score (nSPS) is 16.3. The largest absolute Gasteiger partial charge is 0.507 e. The van der Waals surface area contributed by atoms with Crippen LogP contribution in [0.15, 0.2) is 84.9 Å². The second-order valence-electron chi connectivity index (χ2n) is 10.5. The molecular weight excluding hydrogens is 446 g/mol. The van der Waals surface area contributed by atoms with Crippen LogP contribution < -0.4 is 0 Å². The lowest BCUT2D eigenvalue weighted by Gasteiger charge is -2.42. The van der Waals surface area contributed by atoms with Crippen molar-refractivity contribution in [3.63, 3.8) is 0 Å². The highest BCUT2D eigenvalue weighted by Crippen LogP contribution is 2.40. The van der Waals surface area contributed by atoms with Crippen LogP contribution in [-0.2, 0) is 11.1 Å². The molecule has 0 saturated carbocycles. The lowest BCUT2D eigenvalue weighted by molar-refractivity contribution is -0.130. The molecule has 1 saturated heterocycles. The van der Waals surface area contributed by atoms with E-state index in [1.165, 1.54) is 0 Å². The number of piperidine rings is 1. The fourth-order valence-electron chi connectivity index (χ4n) is 5.16. The molecule has 1 unspecified atom stereocenters. The van der Waals surface area contributed by atoms with Gasteiger partial charge in [-0.2, -0.15) is 0 Å². The van der Waals surface area contributed by atoms with Crippen molar-refractivity contribution in [2.45, 2.75) is 57.1 Å². The van der Waals surface area contributed by atoms with E-state index >= 15 is 0 Å². The molecule has 3 aromatic rings. The number of allylic oxidation sites excluding steroid dienone is 1. The lowest BCUT2D eigenvalue weighted by Crippen LogP contribution is -2.48. The fourth-order valence-corrected chi connectivity index (χ4v) is 5.16. The predicted octanol–water partition coefficient (Wildman–Crippen LogP) is 6.21. The van der Waals surface area contributed by atoms with Gasteiger partial charge in [0.05, 0.1) is 6.61 Å². The minimum atomic E-state index is -1.28. The molecule has 3 aromatic carbocycles.